The predicted octanol–water partition coefficient (Wildman–Crippen LogP) is 1.66. The van der Waals surface area contributed by atoms with Gasteiger partial charge < -0.3 is 19.5 Å². The van der Waals surface area contributed by atoms with Gasteiger partial charge in [0.1, 0.15) is 12.3 Å². The van der Waals surface area contributed by atoms with E-state index < -0.39 is 5.97 Å². The number of nitrogens with zero attached hydrogens (tertiary/aromatic N) is 1. The number of phenolic OH excluding ortho intramolecular Hbond substituents is 1. The molecule has 0 fully saturated rings. The molecular formula is C11H9NO5. The first kappa shape index (κ1) is 11.0. The molecule has 0 saturated carbocycles. The quantitative estimate of drug-likeness (QED) is 0.837. The second-order valence-corrected chi connectivity index (χ2v) is 3.24. The highest BCUT2D eigenvalue weighted by molar-refractivity contribution is 5.84. The molecule has 0 aliphatic heterocycles. The maximum Gasteiger partial charge on any atom is 0.374 e. The van der Waals surface area contributed by atoms with Gasteiger partial charge >= 0.3 is 5.97 Å². The lowest BCUT2D eigenvalue weighted by Crippen LogP contribution is -1.96. The maximum absolute atomic E-state index is 10.5. The molecule has 1 heterocycles. The van der Waals surface area contributed by atoms with Crippen molar-refractivity contribution in [2.45, 2.75) is 6.61 Å². The van der Waals surface area contributed by atoms with E-state index in [1.165, 1.54) is 12.1 Å². The minimum absolute atomic E-state index is 0.00875. The first-order chi connectivity index (χ1) is 8.16. The second kappa shape index (κ2) is 4.56. The number of phenols is 1. The number of para-hydroxylation sites is 2. The number of aromatic nitrogens is 1. The normalized spacial score (nSPS) is 10.1. The summed E-state index contributed by atoms with van der Waals surface area (Å²) in [5.41, 5.74) is 0.339. The van der Waals surface area contributed by atoms with Crippen LogP contribution in [0.25, 0.3) is 0 Å². The molecular weight excluding hydrogens is 226 g/mol. The molecule has 0 saturated heterocycles. The minimum Gasteiger partial charge on any atom is -0.504 e. The van der Waals surface area contributed by atoms with Crippen LogP contribution in [0, 0.1) is 0 Å². The van der Waals surface area contributed by atoms with Gasteiger partial charge in [-0.3, -0.25) is 0 Å². The van der Waals surface area contributed by atoms with E-state index in [0.717, 1.165) is 0 Å². The van der Waals surface area contributed by atoms with Gasteiger partial charge in [-0.15, -0.1) is 0 Å². The van der Waals surface area contributed by atoms with Crippen molar-refractivity contribution in [1.82, 2.24) is 5.16 Å². The highest BCUT2D eigenvalue weighted by Crippen LogP contribution is 2.25. The zero-order valence-corrected chi connectivity index (χ0v) is 8.66. The number of ether oxygens (including phenoxy) is 1. The molecule has 0 spiro atoms. The topological polar surface area (TPSA) is 92.8 Å². The molecule has 0 aliphatic rings. The van der Waals surface area contributed by atoms with Gasteiger partial charge in [0.15, 0.2) is 11.5 Å². The lowest BCUT2D eigenvalue weighted by molar-refractivity contribution is 0.0651. The second-order valence-electron chi connectivity index (χ2n) is 3.24. The molecule has 88 valence electrons. The van der Waals surface area contributed by atoms with Crippen molar-refractivity contribution in [3.63, 3.8) is 0 Å². The molecule has 2 aromatic rings. The van der Waals surface area contributed by atoms with E-state index in [4.69, 9.17) is 9.84 Å². The van der Waals surface area contributed by atoms with Gasteiger partial charge in [0, 0.05) is 6.07 Å². The van der Waals surface area contributed by atoms with Crippen LogP contribution in [0.5, 0.6) is 11.5 Å². The largest absolute Gasteiger partial charge is 0.504 e. The van der Waals surface area contributed by atoms with Gasteiger partial charge in [0.25, 0.3) is 0 Å². The minimum atomic E-state index is -1.19. The van der Waals surface area contributed by atoms with Crippen LogP contribution in [0.2, 0.25) is 0 Å². The van der Waals surface area contributed by atoms with Crippen molar-refractivity contribution in [3.05, 3.63) is 41.8 Å². The summed E-state index contributed by atoms with van der Waals surface area (Å²) in [4.78, 5) is 10.5. The number of aromatic carboxylic acids is 1. The third-order valence-corrected chi connectivity index (χ3v) is 2.01. The van der Waals surface area contributed by atoms with Crippen LogP contribution in [-0.4, -0.2) is 21.3 Å². The fraction of sp³-hybridized carbons (Fsp3) is 0.0909. The van der Waals surface area contributed by atoms with Gasteiger partial charge in [-0.25, -0.2) is 4.79 Å². The highest BCUT2D eigenvalue weighted by Gasteiger charge is 2.11. The van der Waals surface area contributed by atoms with E-state index in [1.54, 1.807) is 18.2 Å². The molecule has 6 heteroatoms. The average Bonchev–Trinajstić information content (AvgIpc) is 2.77. The molecule has 0 bridgehead atoms. The number of carboxylic acids is 1. The maximum atomic E-state index is 10.5. The van der Waals surface area contributed by atoms with Crippen LogP contribution in [-0.2, 0) is 6.61 Å². The monoisotopic (exact) mass is 235 g/mol. The van der Waals surface area contributed by atoms with E-state index in [-0.39, 0.29) is 18.1 Å². The van der Waals surface area contributed by atoms with Gasteiger partial charge in [0.05, 0.1) is 0 Å². The van der Waals surface area contributed by atoms with Crippen LogP contribution in [0.15, 0.2) is 34.9 Å². The third kappa shape index (κ3) is 2.54. The number of benzene rings is 1. The van der Waals surface area contributed by atoms with Crippen molar-refractivity contribution >= 4 is 5.97 Å². The Balaban J connectivity index is 2.02. The molecule has 17 heavy (non-hydrogen) atoms. The predicted molar refractivity (Wildman–Crippen MR) is 55.9 cm³/mol. The van der Waals surface area contributed by atoms with Gasteiger partial charge in [-0.05, 0) is 12.1 Å². The molecule has 0 radical (unpaired) electrons. The van der Waals surface area contributed by atoms with Gasteiger partial charge in [-0.1, -0.05) is 17.3 Å². The Kier molecular flexibility index (Phi) is 2.95. The summed E-state index contributed by atoms with van der Waals surface area (Å²) in [7, 11) is 0. The number of rotatable bonds is 4. The molecule has 2 rings (SSSR count). The lowest BCUT2D eigenvalue weighted by atomic mass is 10.3. The molecule has 1 aromatic carbocycles. The van der Waals surface area contributed by atoms with Crippen LogP contribution in [0.3, 0.4) is 0 Å². The lowest BCUT2D eigenvalue weighted by Gasteiger charge is -2.04. The summed E-state index contributed by atoms with van der Waals surface area (Å²) in [5, 5.41) is 21.6. The number of aromatic hydroxyl groups is 1. The standard InChI is InChI=1S/C11H9NO5/c13-8-3-1-2-4-9(8)16-6-7-5-10(11(14)15)17-12-7/h1-5,13H,6H2,(H,14,15). The first-order valence-corrected chi connectivity index (χ1v) is 4.76. The summed E-state index contributed by atoms with van der Waals surface area (Å²) in [5.74, 6) is -1.13. The Labute approximate surface area is 96.0 Å². The van der Waals surface area contributed by atoms with E-state index in [9.17, 15) is 9.90 Å². The fourth-order valence-electron chi connectivity index (χ4n) is 1.21. The first-order valence-electron chi connectivity index (χ1n) is 4.76. The zero-order chi connectivity index (χ0) is 12.3. The summed E-state index contributed by atoms with van der Waals surface area (Å²) in [6.45, 7) is 0.0222. The number of hydrogen-bond donors (Lipinski definition) is 2. The number of hydrogen-bond acceptors (Lipinski definition) is 5. The van der Waals surface area contributed by atoms with Crippen molar-refractivity contribution in [1.29, 1.82) is 0 Å². The summed E-state index contributed by atoms with van der Waals surface area (Å²) in [6, 6.07) is 7.72. The zero-order valence-electron chi connectivity index (χ0n) is 8.66. The molecule has 0 unspecified atom stereocenters. The average molecular weight is 235 g/mol. The van der Waals surface area contributed by atoms with Crippen LogP contribution >= 0.6 is 0 Å². The molecule has 0 aliphatic carbocycles. The molecule has 1 aromatic heterocycles. The van der Waals surface area contributed by atoms with E-state index >= 15 is 0 Å². The van der Waals surface area contributed by atoms with Crippen molar-refractivity contribution in [2.24, 2.45) is 0 Å². The van der Waals surface area contributed by atoms with Crippen LogP contribution < -0.4 is 4.74 Å². The summed E-state index contributed by atoms with van der Waals surface area (Å²) < 4.78 is 9.80. The van der Waals surface area contributed by atoms with Crippen molar-refractivity contribution in [2.75, 3.05) is 0 Å². The fourth-order valence-corrected chi connectivity index (χ4v) is 1.21. The Hall–Kier alpha value is -2.50. The Morgan fingerprint density at radius 1 is 1.41 bits per heavy atom. The van der Waals surface area contributed by atoms with Crippen molar-refractivity contribution in [3.8, 4) is 11.5 Å². The summed E-state index contributed by atoms with van der Waals surface area (Å²) in [6.07, 6.45) is 0. The van der Waals surface area contributed by atoms with Gasteiger partial charge in [-0.2, -0.15) is 0 Å². The smallest absolute Gasteiger partial charge is 0.374 e. The third-order valence-electron chi connectivity index (χ3n) is 2.01. The van der Waals surface area contributed by atoms with Crippen LogP contribution in [0.4, 0.5) is 0 Å². The van der Waals surface area contributed by atoms with Crippen molar-refractivity contribution < 1.29 is 24.3 Å². The number of carboxylic acid groups (broad SMARTS) is 1. The number of carbonyl (C=O) groups is 1. The van der Waals surface area contributed by atoms with E-state index in [0.29, 0.717) is 11.4 Å². The highest BCUT2D eigenvalue weighted by atomic mass is 16.5. The van der Waals surface area contributed by atoms with E-state index in [1.807, 2.05) is 0 Å². The summed E-state index contributed by atoms with van der Waals surface area (Å²) >= 11 is 0. The molecule has 0 atom stereocenters. The molecule has 0 amide bonds. The Morgan fingerprint density at radius 3 is 2.82 bits per heavy atom. The Morgan fingerprint density at radius 2 is 2.18 bits per heavy atom. The van der Waals surface area contributed by atoms with Gasteiger partial charge in [0.2, 0.25) is 5.76 Å². The molecule has 6 nitrogen and oxygen atoms in total. The SMILES string of the molecule is O=C(O)c1cc(COc2ccccc2O)no1. The molecule has 2 N–H and O–H groups in total. The van der Waals surface area contributed by atoms with Crippen LogP contribution in [0.1, 0.15) is 16.2 Å². The van der Waals surface area contributed by atoms with E-state index in [2.05, 4.69) is 9.68 Å². The Bertz CT molecular complexity index is 534.